The SMILES string of the molecule is Cc1ccccc1NC(=O)/C(C#N)=C/c1cc2ccccc2nc1N1CCOCC1. The quantitative estimate of drug-likeness (QED) is 0.532. The molecule has 2 aromatic carbocycles. The molecule has 0 saturated carbocycles. The number of carbonyl (C=O) groups is 1. The Morgan fingerprint density at radius 3 is 2.67 bits per heavy atom. The largest absolute Gasteiger partial charge is 0.378 e. The molecule has 0 unspecified atom stereocenters. The van der Waals surface area contributed by atoms with Gasteiger partial charge in [-0.1, -0.05) is 36.4 Å². The normalized spacial score (nSPS) is 14.4. The van der Waals surface area contributed by atoms with Crippen LogP contribution in [0.25, 0.3) is 17.0 Å². The Morgan fingerprint density at radius 2 is 1.90 bits per heavy atom. The Labute approximate surface area is 175 Å². The van der Waals surface area contributed by atoms with Gasteiger partial charge in [0.1, 0.15) is 17.5 Å². The molecule has 1 aliphatic heterocycles. The van der Waals surface area contributed by atoms with Crippen LogP contribution in [0.1, 0.15) is 11.1 Å². The number of carbonyl (C=O) groups excluding carboxylic acids is 1. The number of amides is 1. The van der Waals surface area contributed by atoms with Crippen molar-refractivity contribution in [3.8, 4) is 6.07 Å². The summed E-state index contributed by atoms with van der Waals surface area (Å²) in [4.78, 5) is 19.8. The molecule has 1 N–H and O–H groups in total. The second kappa shape index (κ2) is 8.76. The zero-order valence-corrected chi connectivity index (χ0v) is 16.8. The van der Waals surface area contributed by atoms with E-state index in [0.29, 0.717) is 32.0 Å². The predicted molar refractivity (Wildman–Crippen MR) is 118 cm³/mol. The van der Waals surface area contributed by atoms with Crippen LogP contribution >= 0.6 is 0 Å². The summed E-state index contributed by atoms with van der Waals surface area (Å²) in [6.07, 6.45) is 1.62. The number of rotatable bonds is 4. The van der Waals surface area contributed by atoms with Crippen LogP contribution in [0.3, 0.4) is 0 Å². The summed E-state index contributed by atoms with van der Waals surface area (Å²) < 4.78 is 5.47. The molecule has 0 radical (unpaired) electrons. The fourth-order valence-electron chi connectivity index (χ4n) is 3.46. The van der Waals surface area contributed by atoms with Gasteiger partial charge in [0.05, 0.1) is 18.7 Å². The van der Waals surface area contributed by atoms with Gasteiger partial charge in [-0.2, -0.15) is 5.26 Å². The number of pyridine rings is 1. The third-order valence-electron chi connectivity index (χ3n) is 5.10. The molecular weight excluding hydrogens is 376 g/mol. The van der Waals surface area contributed by atoms with Crippen LogP contribution in [0.15, 0.2) is 60.2 Å². The van der Waals surface area contributed by atoms with Gasteiger partial charge in [0.15, 0.2) is 0 Å². The highest BCUT2D eigenvalue weighted by molar-refractivity contribution is 6.10. The first kappa shape index (κ1) is 19.6. The monoisotopic (exact) mass is 398 g/mol. The minimum atomic E-state index is -0.437. The number of aromatic nitrogens is 1. The molecule has 1 saturated heterocycles. The number of benzene rings is 2. The van der Waals surface area contributed by atoms with Gasteiger partial charge in [0.2, 0.25) is 0 Å². The van der Waals surface area contributed by atoms with E-state index in [-0.39, 0.29) is 5.57 Å². The molecule has 1 aliphatic rings. The number of morpholine rings is 1. The average Bonchev–Trinajstić information content (AvgIpc) is 2.79. The van der Waals surface area contributed by atoms with E-state index < -0.39 is 5.91 Å². The fourth-order valence-corrected chi connectivity index (χ4v) is 3.46. The number of hydrogen-bond donors (Lipinski definition) is 1. The Kier molecular flexibility index (Phi) is 5.73. The van der Waals surface area contributed by atoms with Crippen molar-refractivity contribution in [2.45, 2.75) is 6.92 Å². The van der Waals surface area contributed by atoms with Crippen molar-refractivity contribution in [1.82, 2.24) is 4.98 Å². The lowest BCUT2D eigenvalue weighted by atomic mass is 10.1. The Bertz CT molecular complexity index is 1160. The molecule has 0 atom stereocenters. The van der Waals surface area contributed by atoms with Crippen molar-refractivity contribution >= 4 is 34.4 Å². The zero-order valence-electron chi connectivity index (χ0n) is 16.8. The first-order chi connectivity index (χ1) is 14.7. The van der Waals surface area contributed by atoms with E-state index in [1.54, 1.807) is 6.08 Å². The molecular formula is C24H22N4O2. The number of fused-ring (bicyclic) bond motifs is 1. The number of ether oxygens (including phenoxy) is 1. The van der Waals surface area contributed by atoms with E-state index in [9.17, 15) is 10.1 Å². The van der Waals surface area contributed by atoms with Crippen molar-refractivity contribution in [2.24, 2.45) is 0 Å². The minimum Gasteiger partial charge on any atom is -0.378 e. The lowest BCUT2D eigenvalue weighted by Gasteiger charge is -2.29. The van der Waals surface area contributed by atoms with Crippen LogP contribution in [0, 0.1) is 18.3 Å². The Balaban J connectivity index is 1.74. The maximum atomic E-state index is 12.8. The number of nitrogens with zero attached hydrogens (tertiary/aromatic N) is 3. The highest BCUT2D eigenvalue weighted by Crippen LogP contribution is 2.27. The second-order valence-electron chi connectivity index (χ2n) is 7.13. The van der Waals surface area contributed by atoms with Gasteiger partial charge in [-0.05, 0) is 36.8 Å². The molecule has 1 aromatic heterocycles. The number of anilines is 2. The van der Waals surface area contributed by atoms with Crippen LogP contribution < -0.4 is 10.2 Å². The molecule has 1 fully saturated rings. The van der Waals surface area contributed by atoms with Gasteiger partial charge in [-0.3, -0.25) is 4.79 Å². The Morgan fingerprint density at radius 1 is 1.17 bits per heavy atom. The van der Waals surface area contributed by atoms with Crippen LogP contribution in [-0.2, 0) is 9.53 Å². The van der Waals surface area contributed by atoms with Crippen LogP contribution in [0.4, 0.5) is 11.5 Å². The summed E-state index contributed by atoms with van der Waals surface area (Å²) >= 11 is 0. The lowest BCUT2D eigenvalue weighted by molar-refractivity contribution is -0.112. The smallest absolute Gasteiger partial charge is 0.266 e. The molecule has 0 bridgehead atoms. The highest BCUT2D eigenvalue weighted by atomic mass is 16.5. The van der Waals surface area contributed by atoms with Gasteiger partial charge in [-0.25, -0.2) is 4.98 Å². The molecule has 4 rings (SSSR count). The van der Waals surface area contributed by atoms with Gasteiger partial charge >= 0.3 is 0 Å². The molecule has 0 spiro atoms. The first-order valence-electron chi connectivity index (χ1n) is 9.87. The van der Waals surface area contributed by atoms with E-state index in [1.807, 2.05) is 67.6 Å². The molecule has 1 amide bonds. The molecule has 6 heteroatoms. The number of aryl methyl sites for hydroxylation is 1. The van der Waals surface area contributed by atoms with Crippen LogP contribution in [0.5, 0.6) is 0 Å². The minimum absolute atomic E-state index is 0.0323. The standard InChI is InChI=1S/C24H22N4O2/c1-17-6-2-4-8-21(17)27-24(29)20(16-25)15-19-14-18-7-3-5-9-22(18)26-23(19)28-10-12-30-13-11-28/h2-9,14-15H,10-13H2,1H3,(H,27,29)/b20-15+. The van der Waals surface area contributed by atoms with Crippen molar-refractivity contribution in [2.75, 3.05) is 36.5 Å². The van der Waals surface area contributed by atoms with Gasteiger partial charge in [0, 0.05) is 29.7 Å². The summed E-state index contributed by atoms with van der Waals surface area (Å²) in [6.45, 7) is 4.58. The molecule has 30 heavy (non-hydrogen) atoms. The van der Waals surface area contributed by atoms with Crippen molar-refractivity contribution < 1.29 is 9.53 Å². The summed E-state index contributed by atoms with van der Waals surface area (Å²) in [6, 6.07) is 19.3. The molecule has 150 valence electrons. The van der Waals surface area contributed by atoms with Crippen molar-refractivity contribution in [3.63, 3.8) is 0 Å². The van der Waals surface area contributed by atoms with Crippen LogP contribution in [0.2, 0.25) is 0 Å². The topological polar surface area (TPSA) is 78.2 Å². The highest BCUT2D eigenvalue weighted by Gasteiger charge is 2.18. The number of para-hydroxylation sites is 2. The first-order valence-corrected chi connectivity index (χ1v) is 9.87. The maximum Gasteiger partial charge on any atom is 0.266 e. The third-order valence-corrected chi connectivity index (χ3v) is 5.10. The van der Waals surface area contributed by atoms with Gasteiger partial charge < -0.3 is 15.0 Å². The lowest BCUT2D eigenvalue weighted by Crippen LogP contribution is -2.37. The van der Waals surface area contributed by atoms with Crippen molar-refractivity contribution in [3.05, 3.63) is 71.3 Å². The van der Waals surface area contributed by atoms with E-state index in [4.69, 9.17) is 9.72 Å². The zero-order chi connectivity index (χ0) is 20.9. The molecule has 6 nitrogen and oxygen atoms in total. The van der Waals surface area contributed by atoms with Crippen molar-refractivity contribution in [1.29, 1.82) is 5.26 Å². The van der Waals surface area contributed by atoms with E-state index >= 15 is 0 Å². The van der Waals surface area contributed by atoms with E-state index in [2.05, 4.69) is 10.2 Å². The van der Waals surface area contributed by atoms with E-state index in [1.165, 1.54) is 0 Å². The fraction of sp³-hybridized carbons (Fsp3) is 0.208. The number of nitrogens with one attached hydrogen (secondary N) is 1. The summed E-state index contributed by atoms with van der Waals surface area (Å²) in [7, 11) is 0. The van der Waals surface area contributed by atoms with Crippen LogP contribution in [-0.4, -0.2) is 37.2 Å². The Hall–Kier alpha value is -3.69. The average molecular weight is 398 g/mol. The number of hydrogen-bond acceptors (Lipinski definition) is 5. The molecule has 2 heterocycles. The number of nitriles is 1. The summed E-state index contributed by atoms with van der Waals surface area (Å²) in [5, 5.41) is 13.5. The van der Waals surface area contributed by atoms with E-state index in [0.717, 1.165) is 27.8 Å². The maximum absolute atomic E-state index is 12.8. The second-order valence-corrected chi connectivity index (χ2v) is 7.13. The van der Waals surface area contributed by atoms with Gasteiger partial charge in [0.25, 0.3) is 5.91 Å². The predicted octanol–water partition coefficient (Wildman–Crippen LogP) is 3.93. The van der Waals surface area contributed by atoms with Gasteiger partial charge in [-0.15, -0.1) is 0 Å². The summed E-state index contributed by atoms with van der Waals surface area (Å²) in [5.41, 5.74) is 3.27. The molecule has 0 aliphatic carbocycles. The summed E-state index contributed by atoms with van der Waals surface area (Å²) in [5.74, 6) is 0.321. The third kappa shape index (κ3) is 4.17. The molecule has 3 aromatic rings.